The van der Waals surface area contributed by atoms with E-state index in [0.717, 1.165) is 29.2 Å². The number of nitrogens with one attached hydrogen (secondary N) is 1. The summed E-state index contributed by atoms with van der Waals surface area (Å²) in [6, 6.07) is 14.8. The van der Waals surface area contributed by atoms with Gasteiger partial charge in [-0.1, -0.05) is 42.8 Å². The SMILES string of the molecule is CCNCc1ccc(-c2ccc(N(C)C)cc2)cc1Cl. The molecule has 0 unspecified atom stereocenters. The summed E-state index contributed by atoms with van der Waals surface area (Å²) in [5.74, 6) is 0. The van der Waals surface area contributed by atoms with E-state index in [0.29, 0.717) is 0 Å². The molecular weight excluding hydrogens is 268 g/mol. The lowest BCUT2D eigenvalue weighted by atomic mass is 10.0. The van der Waals surface area contributed by atoms with E-state index in [1.807, 2.05) is 20.2 Å². The Morgan fingerprint density at radius 2 is 1.65 bits per heavy atom. The van der Waals surface area contributed by atoms with E-state index in [1.54, 1.807) is 0 Å². The molecule has 0 bridgehead atoms. The van der Waals surface area contributed by atoms with E-state index in [2.05, 4.69) is 53.5 Å². The van der Waals surface area contributed by atoms with Crippen molar-refractivity contribution < 1.29 is 0 Å². The molecule has 0 amide bonds. The van der Waals surface area contributed by atoms with Crippen molar-refractivity contribution >= 4 is 17.3 Å². The van der Waals surface area contributed by atoms with Crippen LogP contribution in [0.1, 0.15) is 12.5 Å². The fraction of sp³-hybridized carbons (Fsp3) is 0.294. The van der Waals surface area contributed by atoms with Gasteiger partial charge < -0.3 is 10.2 Å². The molecule has 20 heavy (non-hydrogen) atoms. The number of rotatable bonds is 5. The number of benzene rings is 2. The lowest BCUT2D eigenvalue weighted by Gasteiger charge is -2.13. The van der Waals surface area contributed by atoms with Gasteiger partial charge in [-0.2, -0.15) is 0 Å². The quantitative estimate of drug-likeness (QED) is 0.888. The average Bonchev–Trinajstić information content (AvgIpc) is 2.46. The van der Waals surface area contributed by atoms with E-state index in [1.165, 1.54) is 11.3 Å². The van der Waals surface area contributed by atoms with Gasteiger partial charge in [0.15, 0.2) is 0 Å². The topological polar surface area (TPSA) is 15.3 Å². The highest BCUT2D eigenvalue weighted by atomic mass is 35.5. The standard InChI is InChI=1S/C17H21ClN2/c1-4-19-12-15-6-5-14(11-17(15)18)13-7-9-16(10-8-13)20(2)3/h5-11,19H,4,12H2,1-3H3. The minimum atomic E-state index is 0.815. The average molecular weight is 289 g/mol. The largest absolute Gasteiger partial charge is 0.378 e. The first-order valence-corrected chi connectivity index (χ1v) is 7.26. The highest BCUT2D eigenvalue weighted by Crippen LogP contribution is 2.27. The Balaban J connectivity index is 2.22. The Kier molecular flexibility index (Phi) is 5.05. The number of halogens is 1. The van der Waals surface area contributed by atoms with Crippen molar-refractivity contribution in [2.75, 3.05) is 25.5 Å². The fourth-order valence-corrected chi connectivity index (χ4v) is 2.33. The molecule has 3 heteroatoms. The van der Waals surface area contributed by atoms with Crippen LogP contribution in [0, 0.1) is 0 Å². The summed E-state index contributed by atoms with van der Waals surface area (Å²) in [6.07, 6.45) is 0. The summed E-state index contributed by atoms with van der Waals surface area (Å²) < 4.78 is 0. The van der Waals surface area contributed by atoms with Gasteiger partial charge in [-0.15, -0.1) is 0 Å². The van der Waals surface area contributed by atoms with Crippen LogP contribution in [0.2, 0.25) is 5.02 Å². The van der Waals surface area contributed by atoms with Gasteiger partial charge in [-0.05, 0) is 41.4 Å². The highest BCUT2D eigenvalue weighted by Gasteiger charge is 2.04. The van der Waals surface area contributed by atoms with Crippen molar-refractivity contribution in [1.29, 1.82) is 0 Å². The first kappa shape index (κ1) is 14.9. The molecule has 1 N–H and O–H groups in total. The highest BCUT2D eigenvalue weighted by molar-refractivity contribution is 6.31. The summed E-state index contributed by atoms with van der Waals surface area (Å²) in [5.41, 5.74) is 4.68. The maximum atomic E-state index is 6.35. The molecule has 2 aromatic carbocycles. The van der Waals surface area contributed by atoms with Crippen LogP contribution in [0.25, 0.3) is 11.1 Å². The Morgan fingerprint density at radius 3 is 2.20 bits per heavy atom. The third-order valence-electron chi connectivity index (χ3n) is 3.34. The Hall–Kier alpha value is -1.51. The molecule has 0 spiro atoms. The first-order chi connectivity index (χ1) is 9.61. The van der Waals surface area contributed by atoms with Crippen LogP contribution in [0.15, 0.2) is 42.5 Å². The second kappa shape index (κ2) is 6.78. The minimum Gasteiger partial charge on any atom is -0.378 e. The predicted octanol–water partition coefficient (Wildman–Crippen LogP) is 4.18. The van der Waals surface area contributed by atoms with Crippen molar-refractivity contribution in [3.05, 3.63) is 53.1 Å². The molecule has 0 heterocycles. The summed E-state index contributed by atoms with van der Waals surface area (Å²) in [7, 11) is 4.09. The van der Waals surface area contributed by atoms with Crippen LogP contribution in [0.4, 0.5) is 5.69 Å². The van der Waals surface area contributed by atoms with Crippen molar-refractivity contribution in [3.8, 4) is 11.1 Å². The molecule has 2 aromatic rings. The maximum Gasteiger partial charge on any atom is 0.0457 e. The molecule has 0 aliphatic rings. The van der Waals surface area contributed by atoms with Crippen molar-refractivity contribution in [3.63, 3.8) is 0 Å². The zero-order valence-corrected chi connectivity index (χ0v) is 13.0. The summed E-state index contributed by atoms with van der Waals surface area (Å²) in [4.78, 5) is 2.09. The predicted molar refractivity (Wildman–Crippen MR) is 88.6 cm³/mol. The number of hydrogen-bond acceptors (Lipinski definition) is 2. The van der Waals surface area contributed by atoms with Crippen molar-refractivity contribution in [1.82, 2.24) is 5.32 Å². The van der Waals surface area contributed by atoms with E-state index in [4.69, 9.17) is 11.6 Å². The van der Waals surface area contributed by atoms with Gasteiger partial charge in [0.05, 0.1) is 0 Å². The van der Waals surface area contributed by atoms with Crippen molar-refractivity contribution in [2.45, 2.75) is 13.5 Å². The van der Waals surface area contributed by atoms with Crippen LogP contribution >= 0.6 is 11.6 Å². The van der Waals surface area contributed by atoms with E-state index in [9.17, 15) is 0 Å². The zero-order valence-electron chi connectivity index (χ0n) is 12.3. The van der Waals surface area contributed by atoms with Crippen LogP contribution in [-0.2, 0) is 6.54 Å². The van der Waals surface area contributed by atoms with Gasteiger partial charge >= 0.3 is 0 Å². The third-order valence-corrected chi connectivity index (χ3v) is 3.69. The monoisotopic (exact) mass is 288 g/mol. The van der Waals surface area contributed by atoms with Gasteiger partial charge in [0, 0.05) is 31.4 Å². The van der Waals surface area contributed by atoms with Crippen LogP contribution in [0.5, 0.6) is 0 Å². The van der Waals surface area contributed by atoms with Crippen LogP contribution in [-0.4, -0.2) is 20.6 Å². The van der Waals surface area contributed by atoms with Crippen molar-refractivity contribution in [2.24, 2.45) is 0 Å². The normalized spacial score (nSPS) is 10.6. The molecule has 0 atom stereocenters. The Bertz CT molecular complexity index is 562. The molecule has 106 valence electrons. The molecule has 0 saturated heterocycles. The molecule has 0 aromatic heterocycles. The van der Waals surface area contributed by atoms with Gasteiger partial charge in [0.1, 0.15) is 0 Å². The first-order valence-electron chi connectivity index (χ1n) is 6.88. The number of nitrogens with zero attached hydrogens (tertiary/aromatic N) is 1. The molecule has 2 nitrogen and oxygen atoms in total. The molecular formula is C17H21ClN2. The second-order valence-corrected chi connectivity index (χ2v) is 5.44. The lowest BCUT2D eigenvalue weighted by Crippen LogP contribution is -2.11. The van der Waals surface area contributed by atoms with Gasteiger partial charge in [0.25, 0.3) is 0 Å². The lowest BCUT2D eigenvalue weighted by molar-refractivity contribution is 0.727. The maximum absolute atomic E-state index is 6.35. The van der Waals surface area contributed by atoms with E-state index >= 15 is 0 Å². The summed E-state index contributed by atoms with van der Waals surface area (Å²) in [6.45, 7) is 3.85. The molecule has 0 fully saturated rings. The summed E-state index contributed by atoms with van der Waals surface area (Å²) >= 11 is 6.35. The van der Waals surface area contributed by atoms with E-state index < -0.39 is 0 Å². The molecule has 2 rings (SSSR count). The van der Waals surface area contributed by atoms with Gasteiger partial charge in [-0.25, -0.2) is 0 Å². The minimum absolute atomic E-state index is 0.815. The molecule has 0 aliphatic heterocycles. The van der Waals surface area contributed by atoms with Gasteiger partial charge in [-0.3, -0.25) is 0 Å². The van der Waals surface area contributed by atoms with Crippen LogP contribution in [0.3, 0.4) is 0 Å². The summed E-state index contributed by atoms with van der Waals surface area (Å²) in [5, 5.41) is 4.11. The van der Waals surface area contributed by atoms with E-state index in [-0.39, 0.29) is 0 Å². The smallest absolute Gasteiger partial charge is 0.0457 e. The fourth-order valence-electron chi connectivity index (χ4n) is 2.08. The second-order valence-electron chi connectivity index (χ2n) is 5.03. The number of hydrogen-bond donors (Lipinski definition) is 1. The Morgan fingerprint density at radius 1 is 1.00 bits per heavy atom. The Labute approximate surface area is 126 Å². The molecule has 0 aliphatic carbocycles. The zero-order chi connectivity index (χ0) is 14.5. The number of anilines is 1. The molecule has 0 radical (unpaired) electrons. The van der Waals surface area contributed by atoms with Gasteiger partial charge in [0.2, 0.25) is 0 Å². The molecule has 0 saturated carbocycles. The van der Waals surface area contributed by atoms with Crippen LogP contribution < -0.4 is 10.2 Å². The third kappa shape index (κ3) is 3.53.